The lowest BCUT2D eigenvalue weighted by molar-refractivity contribution is 0.392. The summed E-state index contributed by atoms with van der Waals surface area (Å²) in [5.41, 5.74) is 6.21. The van der Waals surface area contributed by atoms with Crippen molar-refractivity contribution in [3.8, 4) is 11.5 Å². The quantitative estimate of drug-likeness (QED) is 0.102. The van der Waals surface area contributed by atoms with Gasteiger partial charge in [-0.15, -0.1) is 46.4 Å². The molecule has 0 spiro atoms. The van der Waals surface area contributed by atoms with Crippen LogP contribution in [0.15, 0.2) is 58.5 Å². The third kappa shape index (κ3) is 10.1. The molecule has 4 nitrogen and oxygen atoms in total. The first-order valence-electron chi connectivity index (χ1n) is 16.1. The van der Waals surface area contributed by atoms with Crippen molar-refractivity contribution >= 4 is 70.2 Å². The third-order valence-electron chi connectivity index (χ3n) is 9.07. The number of nitrogens with zero attached hydrogens (tertiary/aromatic N) is 2. The highest BCUT2D eigenvalue weighted by Gasteiger charge is 2.28. The molecule has 0 aliphatic carbocycles. The Kier molecular flexibility index (Phi) is 15.2. The Balaban J connectivity index is 1.99. The second-order valence-corrected chi connectivity index (χ2v) is 14.3. The van der Waals surface area contributed by atoms with Crippen molar-refractivity contribution in [2.24, 2.45) is 9.98 Å². The van der Waals surface area contributed by atoms with Crippen molar-refractivity contribution in [1.29, 1.82) is 0 Å². The number of alkyl halides is 4. The minimum absolute atomic E-state index is 0.119. The molecule has 0 aliphatic rings. The molecule has 46 heavy (non-hydrogen) atoms. The van der Waals surface area contributed by atoms with Crippen LogP contribution in [0, 0.1) is 13.8 Å². The first-order chi connectivity index (χ1) is 22.0. The van der Waals surface area contributed by atoms with Gasteiger partial charge in [0.25, 0.3) is 0 Å². The number of rotatable bonds is 18. The van der Waals surface area contributed by atoms with Crippen LogP contribution in [0.25, 0.3) is 0 Å². The summed E-state index contributed by atoms with van der Waals surface area (Å²) in [5, 5.41) is 22.0. The number of hydrogen-bond donors (Lipinski definition) is 2. The summed E-state index contributed by atoms with van der Waals surface area (Å²) in [6.07, 6.45) is 10.7. The predicted octanol–water partition coefficient (Wildman–Crippen LogP) is 11.8. The van der Waals surface area contributed by atoms with Gasteiger partial charge in [-0.25, -0.2) is 0 Å². The molecule has 0 fully saturated rings. The summed E-state index contributed by atoms with van der Waals surface area (Å²) in [6, 6.07) is 15.8. The monoisotopic (exact) mass is 704 g/mol. The second kappa shape index (κ2) is 18.3. The number of aromatic hydroxyl groups is 2. The van der Waals surface area contributed by atoms with Crippen molar-refractivity contribution < 1.29 is 10.2 Å². The van der Waals surface area contributed by atoms with Crippen molar-refractivity contribution in [3.05, 3.63) is 81.9 Å². The van der Waals surface area contributed by atoms with Crippen LogP contribution in [-0.4, -0.2) is 46.2 Å². The topological polar surface area (TPSA) is 65.2 Å². The van der Waals surface area contributed by atoms with E-state index in [1.807, 2.05) is 50.2 Å². The Morgan fingerprint density at radius 2 is 0.913 bits per heavy atom. The molecule has 0 unspecified atom stereocenters. The van der Waals surface area contributed by atoms with Crippen LogP contribution >= 0.6 is 46.4 Å². The molecule has 3 rings (SSSR count). The van der Waals surface area contributed by atoms with Gasteiger partial charge in [0.2, 0.25) is 0 Å². The second-order valence-electron chi connectivity index (χ2n) is 12.8. The van der Waals surface area contributed by atoms with E-state index in [0.29, 0.717) is 46.0 Å². The van der Waals surface area contributed by atoms with Crippen LogP contribution in [0.1, 0.15) is 98.6 Å². The highest BCUT2D eigenvalue weighted by atomic mass is 35.5. The normalized spacial score (nSPS) is 12.5. The highest BCUT2D eigenvalue weighted by Crippen LogP contribution is 2.39. The molecule has 0 saturated heterocycles. The van der Waals surface area contributed by atoms with E-state index >= 15 is 0 Å². The fraction of sp³-hybridized carbons (Fsp3) is 0.474. The van der Waals surface area contributed by atoms with Gasteiger partial charge in [0.15, 0.2) is 0 Å². The number of hydrogen-bond acceptors (Lipinski definition) is 4. The Morgan fingerprint density at radius 1 is 0.587 bits per heavy atom. The average Bonchev–Trinajstić information content (AvgIpc) is 3.05. The van der Waals surface area contributed by atoms with E-state index in [-0.39, 0.29) is 22.3 Å². The Morgan fingerprint density at radius 3 is 1.22 bits per heavy atom. The first-order valence-corrected chi connectivity index (χ1v) is 18.2. The zero-order valence-corrected chi connectivity index (χ0v) is 30.6. The molecule has 0 bridgehead atoms. The van der Waals surface area contributed by atoms with Gasteiger partial charge in [-0.2, -0.15) is 0 Å². The molecule has 0 radical (unpaired) electrons. The Bertz CT molecular complexity index is 1360. The molecule has 250 valence electrons. The zero-order valence-electron chi connectivity index (χ0n) is 27.6. The van der Waals surface area contributed by atoms with Crippen LogP contribution in [0.3, 0.4) is 0 Å². The lowest BCUT2D eigenvalue weighted by Gasteiger charge is -2.31. The SMILES string of the molecule is Cc1cc(C(C)(CCCCl)CCCCl)cc(/C=N/c2ccccc2/N=C/c2cc(C(C)(CCCCl)CCCCl)cc(C)c2O)c1O. The molecule has 0 heterocycles. The van der Waals surface area contributed by atoms with Gasteiger partial charge < -0.3 is 10.2 Å². The molecular formula is C38H48Cl4N2O2. The maximum Gasteiger partial charge on any atom is 0.127 e. The van der Waals surface area contributed by atoms with E-state index in [0.717, 1.165) is 73.6 Å². The maximum absolute atomic E-state index is 11.0. The summed E-state index contributed by atoms with van der Waals surface area (Å²) in [7, 11) is 0. The number of phenols is 2. The van der Waals surface area contributed by atoms with E-state index in [9.17, 15) is 10.2 Å². The number of para-hydroxylation sites is 2. The summed E-state index contributed by atoms with van der Waals surface area (Å²) < 4.78 is 0. The molecule has 3 aromatic carbocycles. The van der Waals surface area contributed by atoms with Gasteiger partial charge in [-0.3, -0.25) is 9.98 Å². The number of aryl methyl sites for hydroxylation is 2. The predicted molar refractivity (Wildman–Crippen MR) is 201 cm³/mol. The molecule has 0 saturated carbocycles. The van der Waals surface area contributed by atoms with Crippen molar-refractivity contribution in [2.45, 2.75) is 89.9 Å². The Labute approximate surface area is 295 Å². The maximum atomic E-state index is 11.0. The van der Waals surface area contributed by atoms with E-state index in [1.165, 1.54) is 0 Å². The molecule has 3 aromatic rings. The fourth-order valence-electron chi connectivity index (χ4n) is 6.12. The van der Waals surface area contributed by atoms with Gasteiger partial charge in [0.05, 0.1) is 11.4 Å². The molecule has 0 atom stereocenters. The Hall–Kier alpha value is -2.24. The minimum atomic E-state index is -0.119. The smallest absolute Gasteiger partial charge is 0.127 e. The van der Waals surface area contributed by atoms with Gasteiger partial charge in [0, 0.05) is 47.1 Å². The molecule has 2 N–H and O–H groups in total. The minimum Gasteiger partial charge on any atom is -0.507 e. The molecule has 8 heteroatoms. The van der Waals surface area contributed by atoms with Gasteiger partial charge >= 0.3 is 0 Å². The lowest BCUT2D eigenvalue weighted by Crippen LogP contribution is -2.23. The van der Waals surface area contributed by atoms with Gasteiger partial charge in [-0.1, -0.05) is 38.1 Å². The molecular weight excluding hydrogens is 658 g/mol. The van der Waals surface area contributed by atoms with E-state index in [1.54, 1.807) is 12.4 Å². The molecule has 0 amide bonds. The van der Waals surface area contributed by atoms with Crippen LogP contribution in [0.4, 0.5) is 11.4 Å². The first kappa shape index (κ1) is 38.2. The molecule has 0 aliphatic heterocycles. The van der Waals surface area contributed by atoms with Crippen LogP contribution in [0.2, 0.25) is 0 Å². The fourth-order valence-corrected chi connectivity index (χ4v) is 6.66. The number of benzene rings is 3. The van der Waals surface area contributed by atoms with Crippen LogP contribution in [-0.2, 0) is 10.8 Å². The van der Waals surface area contributed by atoms with Gasteiger partial charge in [-0.05, 0) is 123 Å². The summed E-state index contributed by atoms with van der Waals surface area (Å²) >= 11 is 24.3. The largest absolute Gasteiger partial charge is 0.507 e. The molecule has 0 aromatic heterocycles. The van der Waals surface area contributed by atoms with E-state index in [4.69, 9.17) is 56.4 Å². The van der Waals surface area contributed by atoms with E-state index < -0.39 is 0 Å². The average molecular weight is 707 g/mol. The zero-order chi connectivity index (χ0) is 33.7. The van der Waals surface area contributed by atoms with Crippen LogP contribution < -0.4 is 0 Å². The number of phenolic OH excluding ortho intramolecular Hbond substituents is 2. The summed E-state index contributed by atoms with van der Waals surface area (Å²) in [5.74, 6) is 2.80. The number of aliphatic imine (C=N–C) groups is 2. The van der Waals surface area contributed by atoms with Crippen molar-refractivity contribution in [2.75, 3.05) is 23.5 Å². The lowest BCUT2D eigenvalue weighted by atomic mass is 9.74. The third-order valence-corrected chi connectivity index (χ3v) is 10.1. The highest BCUT2D eigenvalue weighted by molar-refractivity contribution is 6.18. The number of halogens is 4. The van der Waals surface area contributed by atoms with Crippen molar-refractivity contribution in [3.63, 3.8) is 0 Å². The summed E-state index contributed by atoms with van der Waals surface area (Å²) in [6.45, 7) is 8.31. The van der Waals surface area contributed by atoms with E-state index in [2.05, 4.69) is 26.0 Å². The van der Waals surface area contributed by atoms with Crippen LogP contribution in [0.5, 0.6) is 11.5 Å². The van der Waals surface area contributed by atoms with Crippen molar-refractivity contribution in [1.82, 2.24) is 0 Å². The summed E-state index contributed by atoms with van der Waals surface area (Å²) in [4.78, 5) is 9.55. The van der Waals surface area contributed by atoms with Gasteiger partial charge in [0.1, 0.15) is 11.5 Å². The standard InChI is InChI=1S/C38H48Cl4N2O2/c1-27-21-31(37(3,13-7-17-39)14-8-18-40)23-29(35(27)45)25-43-33-11-5-6-12-34(33)44-26-30-24-32(22-28(2)36(30)46)38(4,15-9-19-41)16-10-20-42/h5-6,11-12,21-26,45-46H,7-10,13-20H2,1-4H3/b43-25+,44-26+.